The molecule has 4 rings (SSSR count). The summed E-state index contributed by atoms with van der Waals surface area (Å²) in [5.41, 5.74) is 1.67. The van der Waals surface area contributed by atoms with Gasteiger partial charge in [0, 0.05) is 31.7 Å². The Morgan fingerprint density at radius 3 is 2.28 bits per heavy atom. The number of piperazine rings is 1. The number of aromatic nitrogens is 3. The van der Waals surface area contributed by atoms with E-state index in [0.717, 1.165) is 5.56 Å². The highest BCUT2D eigenvalue weighted by Gasteiger charge is 2.27. The summed E-state index contributed by atoms with van der Waals surface area (Å²) in [5, 5.41) is 8.04. The fourth-order valence-corrected chi connectivity index (χ4v) is 3.32. The van der Waals surface area contributed by atoms with Crippen LogP contribution in [-0.2, 0) is 6.54 Å². The first-order valence-corrected chi connectivity index (χ1v) is 9.38. The summed E-state index contributed by atoms with van der Waals surface area (Å²) in [6.07, 6.45) is 1.64. The molecule has 2 amide bonds. The second-order valence-electron chi connectivity index (χ2n) is 6.88. The minimum absolute atomic E-state index is 0.206. The first kappa shape index (κ1) is 18.8. The summed E-state index contributed by atoms with van der Waals surface area (Å²) in [6, 6.07) is 15.4. The van der Waals surface area contributed by atoms with Gasteiger partial charge in [-0.15, -0.1) is 5.10 Å². The molecule has 0 unspecified atom stereocenters. The molecule has 1 aliphatic heterocycles. The lowest BCUT2D eigenvalue weighted by atomic mass is 10.1. The average molecular weight is 393 g/mol. The molecule has 7 nitrogen and oxygen atoms in total. The van der Waals surface area contributed by atoms with Gasteiger partial charge < -0.3 is 9.80 Å². The van der Waals surface area contributed by atoms with Crippen LogP contribution in [0.2, 0.25) is 0 Å². The molecular formula is C21H20FN5O2. The fraction of sp³-hybridized carbons (Fsp3) is 0.238. The third-order valence-corrected chi connectivity index (χ3v) is 4.87. The SMILES string of the molecule is O=C(c1cccc(F)c1)N1CCN(C(=O)c2cn(Cc3ccccc3)nn2)CC1. The Bertz CT molecular complexity index is 1010. The molecule has 0 aliphatic carbocycles. The van der Waals surface area contributed by atoms with E-state index in [-0.39, 0.29) is 17.5 Å². The molecule has 2 aromatic carbocycles. The Labute approximate surface area is 167 Å². The van der Waals surface area contributed by atoms with Crippen LogP contribution >= 0.6 is 0 Å². The van der Waals surface area contributed by atoms with E-state index in [0.29, 0.717) is 38.3 Å². The summed E-state index contributed by atoms with van der Waals surface area (Å²) >= 11 is 0. The number of hydrogen-bond donors (Lipinski definition) is 0. The van der Waals surface area contributed by atoms with Gasteiger partial charge in [-0.25, -0.2) is 9.07 Å². The number of carbonyl (C=O) groups is 2. The number of amides is 2. The van der Waals surface area contributed by atoms with Gasteiger partial charge in [-0.3, -0.25) is 9.59 Å². The number of nitrogens with zero attached hydrogens (tertiary/aromatic N) is 5. The van der Waals surface area contributed by atoms with Crippen LogP contribution in [0.5, 0.6) is 0 Å². The van der Waals surface area contributed by atoms with Gasteiger partial charge in [0.15, 0.2) is 5.69 Å². The molecule has 1 aromatic heterocycles. The second-order valence-corrected chi connectivity index (χ2v) is 6.88. The van der Waals surface area contributed by atoms with Gasteiger partial charge in [-0.05, 0) is 23.8 Å². The largest absolute Gasteiger partial charge is 0.335 e. The number of halogens is 1. The molecular weight excluding hydrogens is 373 g/mol. The number of rotatable bonds is 4. The van der Waals surface area contributed by atoms with E-state index >= 15 is 0 Å². The summed E-state index contributed by atoms with van der Waals surface area (Å²) in [4.78, 5) is 28.5. The highest BCUT2D eigenvalue weighted by Crippen LogP contribution is 2.12. The summed E-state index contributed by atoms with van der Waals surface area (Å²) in [7, 11) is 0. The van der Waals surface area contributed by atoms with Crippen LogP contribution in [0.4, 0.5) is 4.39 Å². The van der Waals surface area contributed by atoms with Crippen LogP contribution in [0.1, 0.15) is 26.4 Å². The van der Waals surface area contributed by atoms with E-state index in [4.69, 9.17) is 0 Å². The highest BCUT2D eigenvalue weighted by molar-refractivity contribution is 5.95. The summed E-state index contributed by atoms with van der Waals surface area (Å²) < 4.78 is 15.0. The van der Waals surface area contributed by atoms with Gasteiger partial charge in [-0.2, -0.15) is 0 Å². The first-order valence-electron chi connectivity index (χ1n) is 9.38. The van der Waals surface area contributed by atoms with E-state index in [1.807, 2.05) is 30.3 Å². The predicted molar refractivity (Wildman–Crippen MR) is 104 cm³/mol. The normalized spacial score (nSPS) is 14.1. The fourth-order valence-electron chi connectivity index (χ4n) is 3.32. The Hall–Kier alpha value is -3.55. The third kappa shape index (κ3) is 4.31. The van der Waals surface area contributed by atoms with E-state index in [9.17, 15) is 14.0 Å². The van der Waals surface area contributed by atoms with E-state index in [2.05, 4.69) is 10.3 Å². The third-order valence-electron chi connectivity index (χ3n) is 4.87. The molecule has 0 atom stereocenters. The smallest absolute Gasteiger partial charge is 0.276 e. The summed E-state index contributed by atoms with van der Waals surface area (Å²) in [5.74, 6) is -0.879. The van der Waals surface area contributed by atoms with Crippen molar-refractivity contribution in [1.82, 2.24) is 24.8 Å². The molecule has 1 fully saturated rings. The second kappa shape index (κ2) is 8.22. The van der Waals surface area contributed by atoms with Crippen molar-refractivity contribution >= 4 is 11.8 Å². The average Bonchev–Trinajstić information content (AvgIpc) is 3.22. The highest BCUT2D eigenvalue weighted by atomic mass is 19.1. The van der Waals surface area contributed by atoms with Crippen molar-refractivity contribution in [2.75, 3.05) is 26.2 Å². The van der Waals surface area contributed by atoms with Gasteiger partial charge in [0.1, 0.15) is 5.82 Å². The van der Waals surface area contributed by atoms with Crippen LogP contribution in [0.25, 0.3) is 0 Å². The van der Waals surface area contributed by atoms with Gasteiger partial charge in [0.05, 0.1) is 12.7 Å². The molecule has 8 heteroatoms. The Kier molecular flexibility index (Phi) is 5.33. The molecule has 0 bridgehead atoms. The van der Waals surface area contributed by atoms with Crippen LogP contribution < -0.4 is 0 Å². The maximum Gasteiger partial charge on any atom is 0.276 e. The zero-order valence-electron chi connectivity index (χ0n) is 15.7. The molecule has 0 spiro atoms. The molecule has 0 radical (unpaired) electrons. The number of carbonyl (C=O) groups excluding carboxylic acids is 2. The van der Waals surface area contributed by atoms with Crippen LogP contribution in [0.3, 0.4) is 0 Å². The summed E-state index contributed by atoms with van der Waals surface area (Å²) in [6.45, 7) is 2.10. The maximum absolute atomic E-state index is 13.4. The molecule has 148 valence electrons. The van der Waals surface area contributed by atoms with E-state index < -0.39 is 5.82 Å². The standard InChI is InChI=1S/C21H20FN5O2/c22-18-8-4-7-17(13-18)20(28)25-9-11-26(12-10-25)21(29)19-15-27(24-23-19)14-16-5-2-1-3-6-16/h1-8,13,15H,9-12,14H2. The van der Waals surface area contributed by atoms with Crippen LogP contribution in [0.15, 0.2) is 60.8 Å². The number of benzene rings is 2. The molecule has 0 N–H and O–H groups in total. The zero-order chi connectivity index (χ0) is 20.2. The van der Waals surface area contributed by atoms with E-state index in [1.165, 1.54) is 18.2 Å². The molecule has 2 heterocycles. The maximum atomic E-state index is 13.4. The van der Waals surface area contributed by atoms with Crippen molar-refractivity contribution in [3.63, 3.8) is 0 Å². The molecule has 1 aliphatic rings. The monoisotopic (exact) mass is 393 g/mol. The van der Waals surface area contributed by atoms with Gasteiger partial charge in [0.25, 0.3) is 11.8 Å². The minimum atomic E-state index is -0.441. The lowest BCUT2D eigenvalue weighted by Crippen LogP contribution is -2.50. The Morgan fingerprint density at radius 2 is 1.59 bits per heavy atom. The Morgan fingerprint density at radius 1 is 0.897 bits per heavy atom. The van der Waals surface area contributed by atoms with Gasteiger partial charge in [-0.1, -0.05) is 41.6 Å². The topological polar surface area (TPSA) is 71.3 Å². The van der Waals surface area contributed by atoms with Gasteiger partial charge in [0.2, 0.25) is 0 Å². The minimum Gasteiger partial charge on any atom is -0.335 e. The lowest BCUT2D eigenvalue weighted by molar-refractivity contribution is 0.0532. The quantitative estimate of drug-likeness (QED) is 0.680. The number of hydrogen-bond acceptors (Lipinski definition) is 4. The Balaban J connectivity index is 1.35. The van der Waals surface area contributed by atoms with Gasteiger partial charge >= 0.3 is 0 Å². The molecule has 1 saturated heterocycles. The predicted octanol–water partition coefficient (Wildman–Crippen LogP) is 2.06. The zero-order valence-corrected chi connectivity index (χ0v) is 15.7. The molecule has 3 aromatic rings. The molecule has 0 saturated carbocycles. The van der Waals surface area contributed by atoms with Crippen LogP contribution in [-0.4, -0.2) is 62.8 Å². The van der Waals surface area contributed by atoms with Crippen LogP contribution in [0, 0.1) is 5.82 Å². The van der Waals surface area contributed by atoms with Crippen molar-refractivity contribution in [2.45, 2.75) is 6.54 Å². The lowest BCUT2D eigenvalue weighted by Gasteiger charge is -2.34. The van der Waals surface area contributed by atoms with Crippen molar-refractivity contribution in [2.24, 2.45) is 0 Å². The molecule has 29 heavy (non-hydrogen) atoms. The first-order chi connectivity index (χ1) is 14.1. The van der Waals surface area contributed by atoms with Crippen molar-refractivity contribution in [3.05, 3.63) is 83.4 Å². The van der Waals surface area contributed by atoms with Crippen molar-refractivity contribution in [3.8, 4) is 0 Å². The van der Waals surface area contributed by atoms with E-state index in [1.54, 1.807) is 26.7 Å². The van der Waals surface area contributed by atoms with Crippen molar-refractivity contribution in [1.29, 1.82) is 0 Å². The van der Waals surface area contributed by atoms with Crippen molar-refractivity contribution < 1.29 is 14.0 Å².